The lowest BCUT2D eigenvalue weighted by Crippen LogP contribution is -2.27. The average Bonchev–Trinajstić information content (AvgIpc) is 3.73. The van der Waals surface area contributed by atoms with E-state index in [0.29, 0.717) is 5.92 Å². The molecule has 8 aromatic rings. The fourth-order valence-electron chi connectivity index (χ4n) is 7.94. The zero-order valence-corrected chi connectivity index (χ0v) is 32.2. The molecule has 0 unspecified atom stereocenters. The Labute approximate surface area is 324 Å². The number of benzene rings is 6. The normalized spacial score (nSPS) is 12.9. The van der Waals surface area contributed by atoms with Crippen LogP contribution in [0.25, 0.3) is 38.8 Å². The molecule has 0 atom stereocenters. The molecule has 6 aromatic carbocycles. The van der Waals surface area contributed by atoms with Crippen molar-refractivity contribution in [2.24, 2.45) is 0 Å². The number of anilines is 3. The molecule has 0 spiro atoms. The van der Waals surface area contributed by atoms with E-state index < -0.39 is 0 Å². The summed E-state index contributed by atoms with van der Waals surface area (Å²) in [7, 11) is 0. The molecule has 1 aliphatic rings. The number of pyridine rings is 1. The van der Waals surface area contributed by atoms with E-state index in [0.717, 1.165) is 47.3 Å². The summed E-state index contributed by atoms with van der Waals surface area (Å²) in [4.78, 5) is 9.73. The van der Waals surface area contributed by atoms with Crippen LogP contribution in [0.1, 0.15) is 57.2 Å². The first-order valence-electron chi connectivity index (χ1n) is 19.3. The maximum absolute atomic E-state index is 6.68. The van der Waals surface area contributed by atoms with E-state index >= 15 is 0 Å². The molecule has 3 heterocycles. The number of hydrogen-bond acceptors (Lipinski definition) is 4. The second kappa shape index (κ2) is 13.8. The number of nitrogens with zero attached hydrogens (tertiary/aromatic N) is 4. The molecular formula is C50H46N4O. The largest absolute Gasteiger partial charge is 0.457 e. The van der Waals surface area contributed by atoms with Gasteiger partial charge >= 0.3 is 0 Å². The molecule has 0 saturated carbocycles. The van der Waals surface area contributed by atoms with Crippen molar-refractivity contribution in [3.05, 3.63) is 175 Å². The van der Waals surface area contributed by atoms with E-state index in [1.54, 1.807) is 0 Å². The summed E-state index contributed by atoms with van der Waals surface area (Å²) < 4.78 is 8.95. The van der Waals surface area contributed by atoms with Crippen molar-refractivity contribution >= 4 is 38.9 Å². The molecule has 0 N–H and O–H groups in total. The van der Waals surface area contributed by atoms with Crippen LogP contribution in [0.15, 0.2) is 158 Å². The van der Waals surface area contributed by atoms with Crippen molar-refractivity contribution in [1.29, 1.82) is 0 Å². The van der Waals surface area contributed by atoms with Gasteiger partial charge in [-0.05, 0) is 93.7 Å². The molecular weight excluding hydrogens is 673 g/mol. The SMILES string of the molecule is CC(C)c1ccc(CN2CN(c3cccc(Oc4ccc5c6ccccc6n(-c6cc(C(C)(C)C)ccn6)c5c4)c3)c3ccccc32)c(-c2ccccc2)c1. The van der Waals surface area contributed by atoms with Crippen LogP contribution in [-0.4, -0.2) is 16.2 Å². The van der Waals surface area contributed by atoms with Gasteiger partial charge in [0.05, 0.1) is 29.1 Å². The zero-order valence-electron chi connectivity index (χ0n) is 32.2. The fourth-order valence-corrected chi connectivity index (χ4v) is 7.94. The Morgan fingerprint density at radius 1 is 0.655 bits per heavy atom. The summed E-state index contributed by atoms with van der Waals surface area (Å²) in [5.74, 6) is 2.94. The third-order valence-electron chi connectivity index (χ3n) is 10.9. The van der Waals surface area contributed by atoms with Crippen LogP contribution in [-0.2, 0) is 12.0 Å². The Morgan fingerprint density at radius 2 is 1.40 bits per heavy atom. The van der Waals surface area contributed by atoms with Gasteiger partial charge in [-0.1, -0.05) is 120 Å². The first-order valence-corrected chi connectivity index (χ1v) is 19.3. The highest BCUT2D eigenvalue weighted by Crippen LogP contribution is 2.43. The quantitative estimate of drug-likeness (QED) is 0.157. The molecule has 1 aliphatic heterocycles. The fraction of sp³-hybridized carbons (Fsp3) is 0.180. The van der Waals surface area contributed by atoms with Crippen LogP contribution in [0.3, 0.4) is 0 Å². The Hall–Kier alpha value is -6.33. The lowest BCUT2D eigenvalue weighted by molar-refractivity contribution is 0.483. The molecule has 2 aromatic heterocycles. The Morgan fingerprint density at radius 3 is 2.22 bits per heavy atom. The lowest BCUT2D eigenvalue weighted by atomic mass is 9.88. The van der Waals surface area contributed by atoms with Crippen LogP contribution in [0.5, 0.6) is 11.5 Å². The summed E-state index contributed by atoms with van der Waals surface area (Å²) in [5.41, 5.74) is 12.2. The minimum absolute atomic E-state index is 0.00675. The molecule has 0 aliphatic carbocycles. The molecule has 0 bridgehead atoms. The zero-order chi connectivity index (χ0) is 37.7. The minimum Gasteiger partial charge on any atom is -0.457 e. The third kappa shape index (κ3) is 6.50. The van der Waals surface area contributed by atoms with Crippen molar-refractivity contribution in [2.45, 2.75) is 52.5 Å². The Balaban J connectivity index is 1.04. The van der Waals surface area contributed by atoms with E-state index in [2.05, 4.69) is 195 Å². The van der Waals surface area contributed by atoms with Gasteiger partial charge in [0.2, 0.25) is 0 Å². The molecule has 272 valence electrons. The molecule has 0 fully saturated rings. The monoisotopic (exact) mass is 718 g/mol. The van der Waals surface area contributed by atoms with E-state index in [1.165, 1.54) is 50.0 Å². The first kappa shape index (κ1) is 34.4. The molecule has 5 nitrogen and oxygen atoms in total. The summed E-state index contributed by atoms with van der Waals surface area (Å²) in [5, 5.41) is 2.36. The van der Waals surface area contributed by atoms with Crippen molar-refractivity contribution < 1.29 is 4.74 Å². The van der Waals surface area contributed by atoms with Gasteiger partial charge in [0.15, 0.2) is 0 Å². The summed E-state index contributed by atoms with van der Waals surface area (Å²) in [6.07, 6.45) is 1.92. The lowest BCUT2D eigenvalue weighted by Gasteiger charge is -2.24. The predicted octanol–water partition coefficient (Wildman–Crippen LogP) is 13.2. The second-order valence-electron chi connectivity index (χ2n) is 16.0. The predicted molar refractivity (Wildman–Crippen MR) is 229 cm³/mol. The topological polar surface area (TPSA) is 33.5 Å². The number of ether oxygens (including phenoxy) is 1. The van der Waals surface area contributed by atoms with Gasteiger partial charge in [0, 0.05) is 41.3 Å². The molecule has 9 rings (SSSR count). The third-order valence-corrected chi connectivity index (χ3v) is 10.9. The molecule has 0 radical (unpaired) electrons. The Kier molecular flexibility index (Phi) is 8.65. The van der Waals surface area contributed by atoms with Crippen LogP contribution in [0, 0.1) is 0 Å². The highest BCUT2D eigenvalue weighted by Gasteiger charge is 2.28. The Bertz CT molecular complexity index is 2670. The van der Waals surface area contributed by atoms with Gasteiger partial charge in [-0.25, -0.2) is 4.98 Å². The summed E-state index contributed by atoms with van der Waals surface area (Å²) >= 11 is 0. The molecule has 0 saturated heterocycles. The smallest absolute Gasteiger partial charge is 0.137 e. The summed E-state index contributed by atoms with van der Waals surface area (Å²) in [6, 6.07) is 54.2. The number of aromatic nitrogens is 2. The van der Waals surface area contributed by atoms with Crippen LogP contribution >= 0.6 is 0 Å². The van der Waals surface area contributed by atoms with Gasteiger partial charge in [0.1, 0.15) is 17.3 Å². The van der Waals surface area contributed by atoms with Gasteiger partial charge in [0.25, 0.3) is 0 Å². The van der Waals surface area contributed by atoms with E-state index in [-0.39, 0.29) is 5.41 Å². The van der Waals surface area contributed by atoms with Crippen molar-refractivity contribution in [3.8, 4) is 28.4 Å². The van der Waals surface area contributed by atoms with Gasteiger partial charge in [-0.15, -0.1) is 0 Å². The van der Waals surface area contributed by atoms with Crippen LogP contribution in [0.2, 0.25) is 0 Å². The standard InChI is InChI=1S/C50H46N4O/c1-34(2)36-22-23-37(44(28-36)35-14-7-6-8-15-35)32-52-33-53(47-21-12-11-20-46(47)52)39-16-13-17-40(30-39)55-41-24-25-43-42-18-9-10-19-45(42)54(48(43)31-41)49-29-38(26-27-51-49)50(3,4)5/h6-31,34H,32-33H2,1-5H3. The first-order chi connectivity index (χ1) is 26.7. The van der Waals surface area contributed by atoms with E-state index in [1.807, 2.05) is 12.3 Å². The van der Waals surface area contributed by atoms with Crippen molar-refractivity contribution in [2.75, 3.05) is 16.5 Å². The highest BCUT2D eigenvalue weighted by molar-refractivity contribution is 6.09. The van der Waals surface area contributed by atoms with Crippen LogP contribution in [0.4, 0.5) is 17.1 Å². The number of hydrogen-bond donors (Lipinski definition) is 0. The number of fused-ring (bicyclic) bond motifs is 4. The van der Waals surface area contributed by atoms with Crippen molar-refractivity contribution in [1.82, 2.24) is 9.55 Å². The van der Waals surface area contributed by atoms with Gasteiger partial charge < -0.3 is 14.5 Å². The molecule has 5 heteroatoms. The summed E-state index contributed by atoms with van der Waals surface area (Å²) in [6.45, 7) is 12.8. The maximum atomic E-state index is 6.68. The molecule has 55 heavy (non-hydrogen) atoms. The average molecular weight is 719 g/mol. The number of rotatable bonds is 8. The number of para-hydroxylation sites is 3. The van der Waals surface area contributed by atoms with Gasteiger partial charge in [-0.2, -0.15) is 0 Å². The van der Waals surface area contributed by atoms with Crippen molar-refractivity contribution in [3.63, 3.8) is 0 Å². The van der Waals surface area contributed by atoms with Crippen LogP contribution < -0.4 is 14.5 Å². The highest BCUT2D eigenvalue weighted by atomic mass is 16.5. The second-order valence-corrected chi connectivity index (χ2v) is 16.0. The van der Waals surface area contributed by atoms with Gasteiger partial charge in [-0.3, -0.25) is 4.57 Å². The minimum atomic E-state index is 0.00675. The van der Waals surface area contributed by atoms with E-state index in [4.69, 9.17) is 9.72 Å². The van der Waals surface area contributed by atoms with E-state index in [9.17, 15) is 0 Å². The maximum Gasteiger partial charge on any atom is 0.137 e. The molecule has 0 amide bonds.